The van der Waals surface area contributed by atoms with Crippen molar-refractivity contribution in [2.24, 2.45) is 5.92 Å². The van der Waals surface area contributed by atoms with Gasteiger partial charge < -0.3 is 15.5 Å². The van der Waals surface area contributed by atoms with E-state index in [1.165, 1.54) is 24.5 Å². The molecule has 0 bridgehead atoms. The van der Waals surface area contributed by atoms with Crippen LogP contribution in [0, 0.1) is 12.8 Å². The number of aromatic nitrogens is 3. The van der Waals surface area contributed by atoms with Gasteiger partial charge in [0.05, 0.1) is 16.5 Å². The predicted molar refractivity (Wildman–Crippen MR) is 121 cm³/mol. The molecule has 0 amide bonds. The number of aliphatic carboxylic acids is 1. The second kappa shape index (κ2) is 8.91. The summed E-state index contributed by atoms with van der Waals surface area (Å²) in [6, 6.07) is 7.45. The summed E-state index contributed by atoms with van der Waals surface area (Å²) in [7, 11) is 0. The number of hydrogen-bond donors (Lipinski definition) is 3. The SMILES string of the molecule is Cc1cc(Nc2nccc(C(C)F)n2)cc(-c2cnc(C3(O)CCC(C(=O)O)CC3)s2)c1. The van der Waals surface area contributed by atoms with Crippen molar-refractivity contribution in [2.45, 2.75) is 51.3 Å². The maximum atomic E-state index is 13.6. The first-order valence-corrected chi connectivity index (χ1v) is 11.3. The number of hydrogen-bond acceptors (Lipinski definition) is 7. The van der Waals surface area contributed by atoms with E-state index in [9.17, 15) is 19.4 Å². The second-order valence-corrected chi connectivity index (χ2v) is 9.34. The van der Waals surface area contributed by atoms with Gasteiger partial charge >= 0.3 is 5.97 Å². The zero-order valence-corrected chi connectivity index (χ0v) is 18.7. The first-order valence-electron chi connectivity index (χ1n) is 10.5. The second-order valence-electron chi connectivity index (χ2n) is 8.31. The largest absolute Gasteiger partial charge is 0.481 e. The maximum absolute atomic E-state index is 13.6. The molecule has 1 aliphatic rings. The third kappa shape index (κ3) is 4.78. The van der Waals surface area contributed by atoms with Crippen molar-refractivity contribution in [3.05, 3.63) is 52.9 Å². The molecule has 0 aliphatic heterocycles. The van der Waals surface area contributed by atoms with Gasteiger partial charge in [-0.25, -0.2) is 19.3 Å². The lowest BCUT2D eigenvalue weighted by Crippen LogP contribution is -2.33. The highest BCUT2D eigenvalue weighted by Crippen LogP contribution is 2.43. The van der Waals surface area contributed by atoms with Gasteiger partial charge in [-0.1, -0.05) is 6.07 Å². The first kappa shape index (κ1) is 22.3. The van der Waals surface area contributed by atoms with E-state index in [0.29, 0.717) is 42.3 Å². The number of benzene rings is 1. The smallest absolute Gasteiger partial charge is 0.306 e. The van der Waals surface area contributed by atoms with Crippen molar-refractivity contribution >= 4 is 28.9 Å². The highest BCUT2D eigenvalue weighted by molar-refractivity contribution is 7.15. The van der Waals surface area contributed by atoms with Gasteiger partial charge in [0.25, 0.3) is 0 Å². The Morgan fingerprint density at radius 2 is 2.03 bits per heavy atom. The van der Waals surface area contributed by atoms with Crippen molar-refractivity contribution in [1.82, 2.24) is 15.0 Å². The molecule has 1 aromatic carbocycles. The molecule has 1 atom stereocenters. The molecule has 1 fully saturated rings. The zero-order valence-electron chi connectivity index (χ0n) is 17.9. The van der Waals surface area contributed by atoms with Gasteiger partial charge in [-0.05, 0) is 68.9 Å². The Hall–Kier alpha value is -2.91. The van der Waals surface area contributed by atoms with Crippen molar-refractivity contribution < 1.29 is 19.4 Å². The van der Waals surface area contributed by atoms with E-state index in [-0.39, 0.29) is 0 Å². The van der Waals surface area contributed by atoms with Crippen LogP contribution in [0.1, 0.15) is 55.0 Å². The van der Waals surface area contributed by atoms with Gasteiger partial charge in [0.1, 0.15) is 16.8 Å². The van der Waals surface area contributed by atoms with E-state index in [1.807, 2.05) is 25.1 Å². The quantitative estimate of drug-likeness (QED) is 0.471. The van der Waals surface area contributed by atoms with Crippen LogP contribution < -0.4 is 5.32 Å². The molecule has 2 heterocycles. The third-order valence-electron chi connectivity index (χ3n) is 5.77. The number of alkyl halides is 1. The standard InChI is InChI=1S/C23H25FN4O3S/c1-13-9-16(11-17(10-13)27-22-25-8-5-18(28-22)14(2)24)19-12-26-21(32-19)23(31)6-3-15(4-7-23)20(29)30/h5,8-12,14-15,31H,3-4,6-7H2,1-2H3,(H,29,30)(H,25,27,28). The van der Waals surface area contributed by atoms with Crippen molar-refractivity contribution in [1.29, 1.82) is 0 Å². The summed E-state index contributed by atoms with van der Waals surface area (Å²) in [6.45, 7) is 3.40. The molecule has 4 rings (SSSR count). The molecule has 2 aromatic heterocycles. The van der Waals surface area contributed by atoms with E-state index < -0.39 is 23.7 Å². The number of carboxylic acid groups (broad SMARTS) is 1. The van der Waals surface area contributed by atoms with Crippen molar-refractivity contribution in [3.63, 3.8) is 0 Å². The number of carboxylic acids is 1. The van der Waals surface area contributed by atoms with E-state index >= 15 is 0 Å². The minimum atomic E-state index is -1.18. The summed E-state index contributed by atoms with van der Waals surface area (Å²) >= 11 is 1.41. The molecule has 0 saturated heterocycles. The van der Waals surface area contributed by atoms with Crippen LogP contribution in [0.5, 0.6) is 0 Å². The maximum Gasteiger partial charge on any atom is 0.306 e. The number of nitrogens with zero attached hydrogens (tertiary/aromatic N) is 3. The van der Waals surface area contributed by atoms with Crippen molar-refractivity contribution in [3.8, 4) is 10.4 Å². The van der Waals surface area contributed by atoms with E-state index in [4.69, 9.17) is 0 Å². The fourth-order valence-corrected chi connectivity index (χ4v) is 5.01. The first-order chi connectivity index (χ1) is 15.2. The van der Waals surface area contributed by atoms with E-state index in [0.717, 1.165) is 21.7 Å². The average Bonchev–Trinajstić information content (AvgIpc) is 3.25. The fraction of sp³-hybridized carbons (Fsp3) is 0.391. The molecule has 0 radical (unpaired) electrons. The summed E-state index contributed by atoms with van der Waals surface area (Å²) in [4.78, 5) is 25.0. The molecule has 0 spiro atoms. The minimum absolute atomic E-state index is 0.313. The number of nitrogens with one attached hydrogen (secondary N) is 1. The van der Waals surface area contributed by atoms with Crippen LogP contribution in [-0.4, -0.2) is 31.1 Å². The van der Waals surface area contributed by atoms with E-state index in [2.05, 4.69) is 20.3 Å². The molecule has 1 aliphatic carbocycles. The highest BCUT2D eigenvalue weighted by Gasteiger charge is 2.39. The molecule has 3 aromatic rings. The third-order valence-corrected chi connectivity index (χ3v) is 7.01. The van der Waals surface area contributed by atoms with Crippen molar-refractivity contribution in [2.75, 3.05) is 5.32 Å². The lowest BCUT2D eigenvalue weighted by molar-refractivity contribution is -0.145. The summed E-state index contributed by atoms with van der Waals surface area (Å²) in [6.07, 6.45) is 3.73. The molecule has 9 heteroatoms. The Labute approximate surface area is 189 Å². The molecular formula is C23H25FN4O3S. The number of aryl methyl sites for hydroxylation is 1. The van der Waals surface area contributed by atoms with Crippen LogP contribution >= 0.6 is 11.3 Å². The number of halogens is 1. The Morgan fingerprint density at radius 3 is 2.72 bits per heavy atom. The molecular weight excluding hydrogens is 431 g/mol. The Kier molecular flexibility index (Phi) is 6.21. The normalized spacial score (nSPS) is 21.8. The van der Waals surface area contributed by atoms with Crippen LogP contribution in [0.25, 0.3) is 10.4 Å². The van der Waals surface area contributed by atoms with Crippen LogP contribution in [0.3, 0.4) is 0 Å². The monoisotopic (exact) mass is 456 g/mol. The van der Waals surface area contributed by atoms with Gasteiger partial charge in [0.2, 0.25) is 5.95 Å². The van der Waals surface area contributed by atoms with Gasteiger partial charge in [-0.15, -0.1) is 11.3 Å². The molecule has 1 saturated carbocycles. The number of carbonyl (C=O) groups is 1. The summed E-state index contributed by atoms with van der Waals surface area (Å²) < 4.78 is 13.6. The fourth-order valence-electron chi connectivity index (χ4n) is 3.96. The van der Waals surface area contributed by atoms with Gasteiger partial charge in [-0.3, -0.25) is 4.79 Å². The number of rotatable bonds is 6. The molecule has 168 valence electrons. The lowest BCUT2D eigenvalue weighted by atomic mass is 9.79. The van der Waals surface area contributed by atoms with Gasteiger partial charge in [-0.2, -0.15) is 0 Å². The van der Waals surface area contributed by atoms with E-state index in [1.54, 1.807) is 12.3 Å². The molecule has 32 heavy (non-hydrogen) atoms. The van der Waals surface area contributed by atoms with Gasteiger partial charge in [0.15, 0.2) is 0 Å². The Morgan fingerprint density at radius 1 is 1.28 bits per heavy atom. The molecule has 3 N–H and O–H groups in total. The Balaban J connectivity index is 1.55. The molecule has 7 nitrogen and oxygen atoms in total. The minimum Gasteiger partial charge on any atom is -0.481 e. The van der Waals surface area contributed by atoms with Gasteiger partial charge in [0, 0.05) is 18.1 Å². The number of aliphatic hydroxyl groups is 1. The number of anilines is 2. The molecule has 1 unspecified atom stereocenters. The van der Waals surface area contributed by atoms with Crippen LogP contribution in [0.4, 0.5) is 16.0 Å². The summed E-state index contributed by atoms with van der Waals surface area (Å²) in [5, 5.41) is 24.0. The van der Waals surface area contributed by atoms with Crippen LogP contribution in [-0.2, 0) is 10.4 Å². The summed E-state index contributed by atoms with van der Waals surface area (Å²) in [5.41, 5.74) is 1.93. The predicted octanol–water partition coefficient (Wildman–Crippen LogP) is 5.15. The van der Waals surface area contributed by atoms with Crippen LogP contribution in [0.2, 0.25) is 0 Å². The Bertz CT molecular complexity index is 1130. The average molecular weight is 457 g/mol. The zero-order chi connectivity index (χ0) is 22.9. The topological polar surface area (TPSA) is 108 Å². The van der Waals surface area contributed by atoms with Crippen LogP contribution in [0.15, 0.2) is 36.7 Å². The lowest BCUT2D eigenvalue weighted by Gasteiger charge is -2.32. The number of thiazole rings is 1. The summed E-state index contributed by atoms with van der Waals surface area (Å²) in [5.74, 6) is -0.888. The highest BCUT2D eigenvalue weighted by atomic mass is 32.1.